The first-order valence-corrected chi connectivity index (χ1v) is 23.3. The fraction of sp³-hybridized carbons (Fsp3) is 0.562. The zero-order valence-electron chi connectivity index (χ0n) is 36.7. The predicted molar refractivity (Wildman–Crippen MR) is 243 cm³/mol. The van der Waals surface area contributed by atoms with Crippen molar-refractivity contribution in [2.24, 2.45) is 13.0 Å². The Morgan fingerprint density at radius 3 is 2.32 bits per heavy atom. The summed E-state index contributed by atoms with van der Waals surface area (Å²) in [5, 5.41) is 17.1. The number of hydrogen-bond donors (Lipinski definition) is 3. The molecular formula is C48H63N9O6. The summed E-state index contributed by atoms with van der Waals surface area (Å²) in [6.07, 6.45) is 13.3. The van der Waals surface area contributed by atoms with Gasteiger partial charge in [-0.15, -0.1) is 0 Å². The molecule has 2 aromatic carbocycles. The number of benzene rings is 2. The highest BCUT2D eigenvalue weighted by molar-refractivity contribution is 6.00. The first-order chi connectivity index (χ1) is 30.8. The SMILES string of the molecule is Cn1c(=O)n([C@H]2CCC(=O)NC2=O)c2ccc(CCCOCCCOCCN3CCN(Cc4ccc(-c5cn(C6CCC(O)CC6)c6nc(NCC7CC7)ncc56)cc4)CC3)cc21. The Morgan fingerprint density at radius 1 is 0.825 bits per heavy atom. The Morgan fingerprint density at radius 2 is 1.56 bits per heavy atom. The van der Waals surface area contributed by atoms with Crippen molar-refractivity contribution < 1.29 is 24.2 Å². The molecule has 4 fully saturated rings. The van der Waals surface area contributed by atoms with Gasteiger partial charge in [-0.05, 0) is 98.9 Å². The van der Waals surface area contributed by atoms with Gasteiger partial charge in [-0.1, -0.05) is 30.3 Å². The lowest BCUT2D eigenvalue weighted by Gasteiger charge is -2.34. The van der Waals surface area contributed by atoms with Crippen LogP contribution in [0.1, 0.15) is 87.4 Å². The summed E-state index contributed by atoms with van der Waals surface area (Å²) < 4.78 is 17.3. The molecule has 3 aromatic heterocycles. The summed E-state index contributed by atoms with van der Waals surface area (Å²) >= 11 is 0. The van der Waals surface area contributed by atoms with E-state index in [0.29, 0.717) is 43.7 Å². The van der Waals surface area contributed by atoms with Gasteiger partial charge in [0.15, 0.2) is 0 Å². The van der Waals surface area contributed by atoms with Crippen molar-refractivity contribution >= 4 is 39.8 Å². The Balaban J connectivity index is 0.661. The summed E-state index contributed by atoms with van der Waals surface area (Å²) in [6.45, 7) is 9.67. The van der Waals surface area contributed by atoms with E-state index in [1.54, 1.807) is 11.6 Å². The van der Waals surface area contributed by atoms with Gasteiger partial charge in [0, 0.05) is 108 Å². The molecule has 336 valence electrons. The highest BCUT2D eigenvalue weighted by Gasteiger charge is 2.31. The highest BCUT2D eigenvalue weighted by atomic mass is 16.5. The number of nitrogens with zero attached hydrogens (tertiary/aromatic N) is 7. The number of ether oxygens (including phenoxy) is 2. The minimum atomic E-state index is -0.678. The smallest absolute Gasteiger partial charge is 0.329 e. The number of imidazole rings is 1. The molecule has 9 rings (SSSR count). The third kappa shape index (κ3) is 10.4. The summed E-state index contributed by atoms with van der Waals surface area (Å²) in [6, 6.07) is 14.6. The molecule has 0 unspecified atom stereocenters. The highest BCUT2D eigenvalue weighted by Crippen LogP contribution is 2.37. The van der Waals surface area contributed by atoms with Crippen molar-refractivity contribution in [1.29, 1.82) is 0 Å². The van der Waals surface area contributed by atoms with Gasteiger partial charge in [-0.2, -0.15) is 4.98 Å². The Kier molecular flexibility index (Phi) is 13.7. The van der Waals surface area contributed by atoms with Crippen LogP contribution in [0.2, 0.25) is 0 Å². The molecule has 2 aliphatic carbocycles. The normalized spacial score (nSPS) is 21.4. The number of aryl methyl sites for hydroxylation is 2. The van der Waals surface area contributed by atoms with Crippen molar-refractivity contribution in [3.05, 3.63) is 76.5 Å². The lowest BCUT2D eigenvalue weighted by atomic mass is 9.93. The van der Waals surface area contributed by atoms with Crippen LogP contribution in [-0.2, 0) is 39.1 Å². The van der Waals surface area contributed by atoms with Crippen LogP contribution in [0.4, 0.5) is 5.95 Å². The molecule has 2 amide bonds. The van der Waals surface area contributed by atoms with Crippen LogP contribution >= 0.6 is 0 Å². The summed E-state index contributed by atoms with van der Waals surface area (Å²) in [4.78, 5) is 51.9. The van der Waals surface area contributed by atoms with E-state index >= 15 is 0 Å². The van der Waals surface area contributed by atoms with Crippen molar-refractivity contribution in [3.8, 4) is 11.1 Å². The number of piperazine rings is 1. The van der Waals surface area contributed by atoms with E-state index in [2.05, 4.69) is 55.5 Å². The van der Waals surface area contributed by atoms with E-state index in [9.17, 15) is 19.5 Å². The second-order valence-corrected chi connectivity index (χ2v) is 18.2. The number of nitrogens with one attached hydrogen (secondary N) is 2. The maximum Gasteiger partial charge on any atom is 0.329 e. The van der Waals surface area contributed by atoms with E-state index in [1.807, 2.05) is 24.4 Å². The topological polar surface area (TPSA) is 161 Å². The van der Waals surface area contributed by atoms with Crippen molar-refractivity contribution in [2.75, 3.05) is 71.0 Å². The number of hydrogen-bond acceptors (Lipinski definition) is 11. The number of aromatic nitrogens is 5. The number of fused-ring (bicyclic) bond motifs is 2. The molecule has 4 aliphatic rings. The van der Waals surface area contributed by atoms with E-state index in [-0.39, 0.29) is 24.1 Å². The molecule has 63 heavy (non-hydrogen) atoms. The van der Waals surface area contributed by atoms with Gasteiger partial charge >= 0.3 is 5.69 Å². The van der Waals surface area contributed by atoms with Crippen LogP contribution in [0.3, 0.4) is 0 Å². The van der Waals surface area contributed by atoms with Gasteiger partial charge in [0.05, 0.1) is 23.7 Å². The standard InChI is InChI=1S/C48H63N9O6/c1-53-43-28-33(9-16-41(43)57(48(53)61)42-17-18-44(59)51-46(42)60)4-2-24-62-25-3-26-63-27-23-54-19-21-55(22-20-54)31-35-7-10-36(11-8-35)40-32-56(37-12-14-38(58)15-13-37)45-39(40)30-50-47(52-45)49-29-34-5-6-34/h7-11,16,28,30,32,34,37-38,42,58H,2-6,12-15,17-27,29,31H2,1H3,(H,49,50,52)(H,51,59,60)/t37?,38?,42-/m0/s1. The van der Waals surface area contributed by atoms with Crippen molar-refractivity contribution in [1.82, 2.24) is 38.8 Å². The maximum atomic E-state index is 13.0. The number of anilines is 1. The molecule has 15 heteroatoms. The first-order valence-electron chi connectivity index (χ1n) is 23.3. The van der Waals surface area contributed by atoms with Crippen LogP contribution in [0.25, 0.3) is 33.2 Å². The third-order valence-corrected chi connectivity index (χ3v) is 13.6. The molecule has 0 bridgehead atoms. The molecule has 1 atom stereocenters. The molecular weight excluding hydrogens is 799 g/mol. The number of imide groups is 1. The zero-order chi connectivity index (χ0) is 43.3. The third-order valence-electron chi connectivity index (χ3n) is 13.6. The number of aliphatic hydroxyl groups excluding tert-OH is 1. The first kappa shape index (κ1) is 43.3. The second kappa shape index (κ2) is 19.9. The number of aliphatic hydroxyl groups is 1. The van der Waals surface area contributed by atoms with Gasteiger partial charge in [-0.25, -0.2) is 9.78 Å². The average molecular weight is 862 g/mol. The molecule has 2 saturated heterocycles. The number of rotatable bonds is 19. The quantitative estimate of drug-likeness (QED) is 0.0740. The molecule has 0 spiro atoms. The minimum Gasteiger partial charge on any atom is -0.393 e. The maximum absolute atomic E-state index is 13.0. The van der Waals surface area contributed by atoms with Crippen LogP contribution in [0.15, 0.2) is 59.7 Å². The fourth-order valence-electron chi connectivity index (χ4n) is 9.57. The summed E-state index contributed by atoms with van der Waals surface area (Å²) in [5.74, 6) is 0.735. The lowest BCUT2D eigenvalue weighted by molar-refractivity contribution is -0.135. The van der Waals surface area contributed by atoms with Crippen LogP contribution < -0.4 is 16.3 Å². The fourth-order valence-corrected chi connectivity index (χ4v) is 9.57. The number of piperidine rings is 1. The van der Waals surface area contributed by atoms with Crippen LogP contribution in [0.5, 0.6) is 0 Å². The summed E-state index contributed by atoms with van der Waals surface area (Å²) in [7, 11) is 1.72. The van der Waals surface area contributed by atoms with Crippen molar-refractivity contribution in [3.63, 3.8) is 0 Å². The molecule has 2 saturated carbocycles. The average Bonchev–Trinajstić information content (AvgIpc) is 4.01. The van der Waals surface area contributed by atoms with Crippen LogP contribution in [-0.4, -0.2) is 122 Å². The Labute approximate surface area is 368 Å². The molecule has 2 aliphatic heterocycles. The van der Waals surface area contributed by atoms with E-state index in [4.69, 9.17) is 19.4 Å². The molecule has 5 heterocycles. The van der Waals surface area contributed by atoms with Gasteiger partial charge in [0.25, 0.3) is 0 Å². The van der Waals surface area contributed by atoms with Gasteiger partial charge in [0.2, 0.25) is 17.8 Å². The van der Waals surface area contributed by atoms with E-state index in [1.165, 1.54) is 34.1 Å². The van der Waals surface area contributed by atoms with Gasteiger partial charge < -0.3 is 24.5 Å². The lowest BCUT2D eigenvalue weighted by Crippen LogP contribution is -2.46. The Bertz CT molecular complexity index is 2420. The second-order valence-electron chi connectivity index (χ2n) is 18.2. The molecule has 5 aromatic rings. The molecule has 3 N–H and O–H groups in total. The van der Waals surface area contributed by atoms with Gasteiger partial charge in [-0.3, -0.25) is 33.8 Å². The number of amides is 2. The Hall–Kier alpha value is -4.93. The predicted octanol–water partition coefficient (Wildman–Crippen LogP) is 5.20. The minimum absolute atomic E-state index is 0.195. The van der Waals surface area contributed by atoms with Crippen LogP contribution in [0, 0.1) is 5.92 Å². The summed E-state index contributed by atoms with van der Waals surface area (Å²) in [5.41, 5.74) is 6.99. The number of carbonyl (C=O) groups is 2. The van der Waals surface area contributed by atoms with Crippen molar-refractivity contribution in [2.45, 2.75) is 95.4 Å². The monoisotopic (exact) mass is 861 g/mol. The largest absolute Gasteiger partial charge is 0.393 e. The molecule has 0 radical (unpaired) electrons. The van der Waals surface area contributed by atoms with Gasteiger partial charge in [0.1, 0.15) is 11.7 Å². The zero-order valence-corrected chi connectivity index (χ0v) is 36.7. The van der Waals surface area contributed by atoms with E-state index in [0.717, 1.165) is 125 Å². The van der Waals surface area contributed by atoms with E-state index < -0.39 is 11.9 Å². The number of carbonyl (C=O) groups excluding carboxylic acids is 2. The molecule has 15 nitrogen and oxygen atoms in total.